The van der Waals surface area contributed by atoms with Gasteiger partial charge < -0.3 is 19.9 Å². The van der Waals surface area contributed by atoms with Crippen LogP contribution in [0.5, 0.6) is 0 Å². The van der Waals surface area contributed by atoms with E-state index in [4.69, 9.17) is 4.74 Å². The Hall–Kier alpha value is -3.94. The number of carbonyl (C=O) groups excluding carboxylic acids is 3. The van der Waals surface area contributed by atoms with Crippen molar-refractivity contribution in [3.05, 3.63) is 76.1 Å². The van der Waals surface area contributed by atoms with Crippen LogP contribution < -0.4 is 10.9 Å². The molecule has 1 aromatic heterocycles. The zero-order valence-corrected chi connectivity index (χ0v) is 17.3. The molecule has 0 saturated carbocycles. The number of benzene rings is 2. The Morgan fingerprint density at radius 1 is 1.00 bits per heavy atom. The Morgan fingerprint density at radius 3 is 2.35 bits per heavy atom. The number of nitrogens with one attached hydrogen (secondary N) is 2. The minimum Gasteiger partial charge on any atom is -0.452 e. The van der Waals surface area contributed by atoms with Crippen molar-refractivity contribution in [2.45, 2.75) is 13.8 Å². The Kier molecular flexibility index (Phi) is 6.81. The summed E-state index contributed by atoms with van der Waals surface area (Å²) >= 11 is 0. The summed E-state index contributed by atoms with van der Waals surface area (Å²) in [4.78, 5) is 53.0. The highest BCUT2D eigenvalue weighted by Gasteiger charge is 2.16. The van der Waals surface area contributed by atoms with Gasteiger partial charge in [0.1, 0.15) is 0 Å². The van der Waals surface area contributed by atoms with E-state index in [2.05, 4.69) is 10.3 Å². The minimum absolute atomic E-state index is 0.0816. The predicted molar refractivity (Wildman–Crippen MR) is 117 cm³/mol. The van der Waals surface area contributed by atoms with E-state index in [1.807, 2.05) is 13.8 Å². The summed E-state index contributed by atoms with van der Waals surface area (Å²) in [6.07, 6.45) is 0. The van der Waals surface area contributed by atoms with Gasteiger partial charge in [-0.3, -0.25) is 14.4 Å². The van der Waals surface area contributed by atoms with Crippen LogP contribution >= 0.6 is 0 Å². The van der Waals surface area contributed by atoms with Crippen LogP contribution in [0.4, 0.5) is 5.69 Å². The molecule has 160 valence electrons. The molecule has 2 N–H and O–H groups in total. The molecule has 2 amide bonds. The van der Waals surface area contributed by atoms with Crippen LogP contribution in [0.15, 0.2) is 59.4 Å². The van der Waals surface area contributed by atoms with E-state index in [0.717, 1.165) is 6.07 Å². The largest absolute Gasteiger partial charge is 0.452 e. The van der Waals surface area contributed by atoms with Gasteiger partial charge in [-0.2, -0.15) is 0 Å². The van der Waals surface area contributed by atoms with E-state index in [1.165, 1.54) is 0 Å². The molecule has 0 radical (unpaired) electrons. The molecule has 8 heteroatoms. The summed E-state index contributed by atoms with van der Waals surface area (Å²) in [5.41, 5.74) is 1.15. The number of fused-ring (bicyclic) bond motifs is 1. The fourth-order valence-electron chi connectivity index (χ4n) is 3.17. The van der Waals surface area contributed by atoms with Crippen LogP contribution in [-0.2, 0) is 9.53 Å². The summed E-state index contributed by atoms with van der Waals surface area (Å²) in [7, 11) is 0. The molecule has 0 fully saturated rings. The molecule has 0 unspecified atom stereocenters. The lowest BCUT2D eigenvalue weighted by Gasteiger charge is -2.18. The second-order valence-electron chi connectivity index (χ2n) is 6.77. The molecule has 0 saturated heterocycles. The van der Waals surface area contributed by atoms with Crippen LogP contribution in [-0.4, -0.2) is 47.4 Å². The molecular formula is C23H23N3O5. The van der Waals surface area contributed by atoms with E-state index >= 15 is 0 Å². The van der Waals surface area contributed by atoms with Crippen molar-refractivity contribution in [2.24, 2.45) is 0 Å². The van der Waals surface area contributed by atoms with Crippen molar-refractivity contribution in [2.75, 3.05) is 25.0 Å². The van der Waals surface area contributed by atoms with Gasteiger partial charge in [-0.25, -0.2) is 4.79 Å². The Morgan fingerprint density at radius 2 is 1.68 bits per heavy atom. The van der Waals surface area contributed by atoms with Crippen LogP contribution in [0.1, 0.15) is 34.6 Å². The number of esters is 1. The maximum absolute atomic E-state index is 12.4. The van der Waals surface area contributed by atoms with Gasteiger partial charge in [0.25, 0.3) is 11.8 Å². The number of carbonyl (C=O) groups is 3. The third-order valence-corrected chi connectivity index (χ3v) is 4.77. The number of pyridine rings is 1. The number of ether oxygens (including phenoxy) is 1. The van der Waals surface area contributed by atoms with Crippen molar-refractivity contribution in [3.63, 3.8) is 0 Å². The van der Waals surface area contributed by atoms with E-state index in [0.29, 0.717) is 35.2 Å². The lowest BCUT2D eigenvalue weighted by atomic mass is 10.1. The van der Waals surface area contributed by atoms with E-state index in [1.54, 1.807) is 53.4 Å². The zero-order chi connectivity index (χ0) is 22.4. The number of aromatic amines is 1. The summed E-state index contributed by atoms with van der Waals surface area (Å²) in [6, 6.07) is 14.5. The number of hydrogen-bond donors (Lipinski definition) is 2. The molecule has 0 atom stereocenters. The summed E-state index contributed by atoms with van der Waals surface area (Å²) in [5, 5.41) is 3.14. The van der Waals surface area contributed by atoms with Gasteiger partial charge in [-0.15, -0.1) is 0 Å². The number of H-pyrrole nitrogens is 1. The fraction of sp³-hybridized carbons (Fsp3) is 0.217. The van der Waals surface area contributed by atoms with Crippen LogP contribution in [0.2, 0.25) is 0 Å². The molecule has 0 aliphatic rings. The predicted octanol–water partition coefficient (Wildman–Crippen LogP) is 2.81. The van der Waals surface area contributed by atoms with E-state index < -0.39 is 24.0 Å². The molecule has 0 aliphatic carbocycles. The molecule has 31 heavy (non-hydrogen) atoms. The van der Waals surface area contributed by atoms with Gasteiger partial charge in [0.15, 0.2) is 6.61 Å². The molecule has 2 aromatic carbocycles. The van der Waals surface area contributed by atoms with E-state index in [9.17, 15) is 19.2 Å². The standard InChI is InChI=1S/C23H23N3O5/c1-3-26(4-2)22(29)15-9-11-16(12-10-15)24-21(28)14-31-23(30)18-13-20(27)25-19-8-6-5-7-17(18)19/h5-13H,3-4,14H2,1-2H3,(H,24,28)(H,25,27). The minimum atomic E-state index is -0.766. The first-order valence-electron chi connectivity index (χ1n) is 9.91. The maximum atomic E-state index is 12.4. The SMILES string of the molecule is CCN(CC)C(=O)c1ccc(NC(=O)COC(=O)c2cc(=O)[nH]c3ccccc23)cc1. The van der Waals surface area contributed by atoms with E-state index in [-0.39, 0.29) is 11.5 Å². The van der Waals surface area contributed by atoms with Gasteiger partial charge in [0.05, 0.1) is 5.56 Å². The third-order valence-electron chi connectivity index (χ3n) is 4.77. The average molecular weight is 421 g/mol. The second kappa shape index (κ2) is 9.71. The van der Waals surface area contributed by atoms with Gasteiger partial charge in [-0.05, 0) is 44.2 Å². The van der Waals surface area contributed by atoms with Crippen molar-refractivity contribution in [1.29, 1.82) is 0 Å². The first-order chi connectivity index (χ1) is 14.9. The maximum Gasteiger partial charge on any atom is 0.339 e. The number of aromatic nitrogens is 1. The molecule has 1 heterocycles. The highest BCUT2D eigenvalue weighted by molar-refractivity contribution is 6.04. The first-order valence-corrected chi connectivity index (χ1v) is 9.91. The van der Waals surface area contributed by atoms with Gasteiger partial charge in [0, 0.05) is 41.3 Å². The summed E-state index contributed by atoms with van der Waals surface area (Å²) in [6.45, 7) is 4.53. The number of hydrogen-bond acceptors (Lipinski definition) is 5. The quantitative estimate of drug-likeness (QED) is 0.570. The monoisotopic (exact) mass is 421 g/mol. The van der Waals surface area contributed by atoms with Gasteiger partial charge in [0.2, 0.25) is 5.56 Å². The summed E-state index contributed by atoms with van der Waals surface area (Å²) < 4.78 is 5.08. The lowest BCUT2D eigenvalue weighted by Crippen LogP contribution is -2.30. The lowest BCUT2D eigenvalue weighted by molar-refractivity contribution is -0.119. The van der Waals surface area contributed by atoms with Crippen molar-refractivity contribution >= 4 is 34.4 Å². The Labute approximate surface area is 178 Å². The van der Waals surface area contributed by atoms with Crippen molar-refractivity contribution in [1.82, 2.24) is 9.88 Å². The normalized spacial score (nSPS) is 10.5. The summed E-state index contributed by atoms with van der Waals surface area (Å²) in [5.74, 6) is -1.38. The van der Waals surface area contributed by atoms with Crippen LogP contribution in [0.25, 0.3) is 10.9 Å². The average Bonchev–Trinajstić information content (AvgIpc) is 2.78. The smallest absolute Gasteiger partial charge is 0.339 e. The number of anilines is 1. The number of nitrogens with zero attached hydrogens (tertiary/aromatic N) is 1. The molecule has 3 aromatic rings. The molecule has 0 bridgehead atoms. The molecular weight excluding hydrogens is 398 g/mol. The molecule has 0 aliphatic heterocycles. The topological polar surface area (TPSA) is 109 Å². The third kappa shape index (κ3) is 5.16. The first kappa shape index (κ1) is 21.8. The molecule has 0 spiro atoms. The number of para-hydroxylation sites is 1. The number of rotatable bonds is 7. The van der Waals surface area contributed by atoms with Crippen LogP contribution in [0, 0.1) is 0 Å². The Bertz CT molecular complexity index is 1160. The second-order valence-corrected chi connectivity index (χ2v) is 6.77. The highest BCUT2D eigenvalue weighted by Crippen LogP contribution is 2.16. The van der Waals surface area contributed by atoms with Gasteiger partial charge >= 0.3 is 5.97 Å². The van der Waals surface area contributed by atoms with Crippen LogP contribution in [0.3, 0.4) is 0 Å². The Balaban J connectivity index is 1.61. The van der Waals surface area contributed by atoms with Crippen molar-refractivity contribution in [3.8, 4) is 0 Å². The fourth-order valence-corrected chi connectivity index (χ4v) is 3.17. The highest BCUT2D eigenvalue weighted by atomic mass is 16.5. The number of amides is 2. The molecule has 8 nitrogen and oxygen atoms in total. The van der Waals surface area contributed by atoms with Gasteiger partial charge in [-0.1, -0.05) is 18.2 Å². The van der Waals surface area contributed by atoms with Crippen molar-refractivity contribution < 1.29 is 19.1 Å². The molecule has 3 rings (SSSR count). The zero-order valence-electron chi connectivity index (χ0n) is 17.3.